The summed E-state index contributed by atoms with van der Waals surface area (Å²) in [6.45, 7) is 0.757. The van der Waals surface area contributed by atoms with Crippen LogP contribution >= 0.6 is 0 Å². The third-order valence-corrected chi connectivity index (χ3v) is 3.36. The third-order valence-electron chi connectivity index (χ3n) is 3.36. The lowest BCUT2D eigenvalue weighted by molar-refractivity contribution is 0.0445. The second-order valence-corrected chi connectivity index (χ2v) is 3.95. The van der Waals surface area contributed by atoms with E-state index in [2.05, 4.69) is 5.32 Å². The molecule has 2 aliphatic carbocycles. The summed E-state index contributed by atoms with van der Waals surface area (Å²) in [5.74, 6) is 1.57. The van der Waals surface area contributed by atoms with E-state index in [1.54, 1.807) is 0 Å². The Hall–Kier alpha value is -0.730. The summed E-state index contributed by atoms with van der Waals surface area (Å²) in [5.41, 5.74) is -0.0677. The van der Waals surface area contributed by atoms with Crippen molar-refractivity contribution in [2.45, 2.75) is 24.9 Å². The lowest BCUT2D eigenvalue weighted by Crippen LogP contribution is -2.33. The van der Waals surface area contributed by atoms with Gasteiger partial charge in [0.1, 0.15) is 5.60 Å². The van der Waals surface area contributed by atoms with Crippen molar-refractivity contribution in [1.82, 2.24) is 5.32 Å². The Morgan fingerprint density at radius 1 is 1.64 bits per heavy atom. The van der Waals surface area contributed by atoms with Gasteiger partial charge in [-0.05, 0) is 25.2 Å². The highest BCUT2D eigenvalue weighted by Crippen LogP contribution is 2.59. The van der Waals surface area contributed by atoms with E-state index < -0.39 is 0 Å². The minimum atomic E-state index is -0.211. The maximum absolute atomic E-state index is 10.8. The van der Waals surface area contributed by atoms with E-state index in [0.29, 0.717) is 5.92 Å². The van der Waals surface area contributed by atoms with Gasteiger partial charge in [-0.3, -0.25) is 0 Å². The molecule has 3 aliphatic rings. The molecule has 0 bridgehead atoms. The monoisotopic (exact) mass is 153 g/mol. The van der Waals surface area contributed by atoms with Crippen molar-refractivity contribution in [2.75, 3.05) is 6.54 Å². The molecule has 1 N–H and O–H groups in total. The van der Waals surface area contributed by atoms with Gasteiger partial charge in [-0.15, -0.1) is 0 Å². The zero-order chi connectivity index (χ0) is 7.47. The molecule has 11 heavy (non-hydrogen) atoms. The first-order valence-electron chi connectivity index (χ1n) is 4.27. The van der Waals surface area contributed by atoms with Gasteiger partial charge >= 0.3 is 6.09 Å². The Labute approximate surface area is 65.1 Å². The van der Waals surface area contributed by atoms with Crippen LogP contribution in [-0.4, -0.2) is 18.2 Å². The normalized spacial score (nSPS) is 52.2. The van der Waals surface area contributed by atoms with Gasteiger partial charge in [0.15, 0.2) is 0 Å². The first kappa shape index (κ1) is 5.86. The number of nitrogens with one attached hydrogen (secondary N) is 1. The van der Waals surface area contributed by atoms with Gasteiger partial charge in [0.05, 0.1) is 6.54 Å². The van der Waals surface area contributed by atoms with Crippen molar-refractivity contribution in [3.63, 3.8) is 0 Å². The molecule has 3 fully saturated rings. The van der Waals surface area contributed by atoms with E-state index in [-0.39, 0.29) is 11.7 Å². The number of alkyl carbamates (subject to hydrolysis) is 1. The van der Waals surface area contributed by atoms with Gasteiger partial charge in [-0.25, -0.2) is 4.79 Å². The van der Waals surface area contributed by atoms with Gasteiger partial charge in [-0.2, -0.15) is 0 Å². The molecule has 1 amide bonds. The molecule has 1 saturated heterocycles. The molecule has 0 aromatic rings. The van der Waals surface area contributed by atoms with Crippen LogP contribution in [0, 0.1) is 11.8 Å². The zero-order valence-electron chi connectivity index (χ0n) is 6.30. The molecule has 2 saturated carbocycles. The molecule has 3 rings (SSSR count). The van der Waals surface area contributed by atoms with E-state index in [1.807, 2.05) is 0 Å². The molecule has 3 atom stereocenters. The highest BCUT2D eigenvalue weighted by molar-refractivity contribution is 5.70. The lowest BCUT2D eigenvalue weighted by atomic mass is 9.98. The second kappa shape index (κ2) is 1.54. The SMILES string of the molecule is O=C1NCC2(CCC3CC32)O1. The van der Waals surface area contributed by atoms with Gasteiger partial charge in [0.2, 0.25) is 0 Å². The van der Waals surface area contributed by atoms with E-state index in [9.17, 15) is 4.79 Å². The van der Waals surface area contributed by atoms with E-state index in [0.717, 1.165) is 18.9 Å². The van der Waals surface area contributed by atoms with E-state index >= 15 is 0 Å². The molecule has 3 heteroatoms. The van der Waals surface area contributed by atoms with Crippen LogP contribution in [0.3, 0.4) is 0 Å². The summed E-state index contributed by atoms with van der Waals surface area (Å²) in [6.07, 6.45) is 3.42. The largest absolute Gasteiger partial charge is 0.441 e. The predicted octanol–water partition coefficient (Wildman–Crippen LogP) is 0.895. The summed E-state index contributed by atoms with van der Waals surface area (Å²) in [6, 6.07) is 0. The smallest absolute Gasteiger partial charge is 0.407 e. The minimum Gasteiger partial charge on any atom is -0.441 e. The molecule has 1 heterocycles. The summed E-state index contributed by atoms with van der Waals surface area (Å²) >= 11 is 0. The van der Waals surface area contributed by atoms with Crippen LogP contribution in [0.1, 0.15) is 19.3 Å². The molecule has 0 aromatic heterocycles. The van der Waals surface area contributed by atoms with Crippen LogP contribution in [0.2, 0.25) is 0 Å². The summed E-state index contributed by atoms with van der Waals surface area (Å²) < 4.78 is 5.31. The van der Waals surface area contributed by atoms with Gasteiger partial charge in [0.25, 0.3) is 0 Å². The average Bonchev–Trinajstić information content (AvgIpc) is 2.60. The predicted molar refractivity (Wildman–Crippen MR) is 38.0 cm³/mol. The number of rotatable bonds is 0. The Kier molecular flexibility index (Phi) is 0.822. The fourth-order valence-corrected chi connectivity index (χ4v) is 2.65. The number of ether oxygens (including phenoxy) is 1. The van der Waals surface area contributed by atoms with E-state index in [4.69, 9.17) is 4.74 Å². The van der Waals surface area contributed by atoms with Crippen molar-refractivity contribution < 1.29 is 9.53 Å². The minimum absolute atomic E-state index is 0.0677. The summed E-state index contributed by atoms with van der Waals surface area (Å²) in [4.78, 5) is 10.8. The Morgan fingerprint density at radius 2 is 2.55 bits per heavy atom. The van der Waals surface area contributed by atoms with Crippen LogP contribution in [0.4, 0.5) is 4.79 Å². The van der Waals surface area contributed by atoms with Gasteiger partial charge in [-0.1, -0.05) is 0 Å². The van der Waals surface area contributed by atoms with Crippen molar-refractivity contribution in [3.05, 3.63) is 0 Å². The van der Waals surface area contributed by atoms with Crippen LogP contribution in [0.5, 0.6) is 0 Å². The second-order valence-electron chi connectivity index (χ2n) is 3.95. The molecule has 60 valence electrons. The highest BCUT2D eigenvalue weighted by atomic mass is 16.6. The average molecular weight is 153 g/mol. The maximum Gasteiger partial charge on any atom is 0.407 e. The molecule has 1 spiro atoms. The molecular weight excluding hydrogens is 142 g/mol. The van der Waals surface area contributed by atoms with Gasteiger partial charge < -0.3 is 10.1 Å². The van der Waals surface area contributed by atoms with Crippen LogP contribution in [0.25, 0.3) is 0 Å². The van der Waals surface area contributed by atoms with Gasteiger partial charge in [0, 0.05) is 5.92 Å². The topological polar surface area (TPSA) is 38.3 Å². The number of amides is 1. The quantitative estimate of drug-likeness (QED) is 0.561. The maximum atomic E-state index is 10.8. The first-order valence-corrected chi connectivity index (χ1v) is 4.27. The molecule has 3 nitrogen and oxygen atoms in total. The van der Waals surface area contributed by atoms with Crippen molar-refractivity contribution in [3.8, 4) is 0 Å². The fourth-order valence-electron chi connectivity index (χ4n) is 2.65. The standard InChI is InChI=1S/C8H11NO2/c10-7-9-4-8(11-7)2-1-5-3-6(5)8/h5-6H,1-4H2,(H,9,10). The zero-order valence-corrected chi connectivity index (χ0v) is 6.30. The highest BCUT2D eigenvalue weighted by Gasteiger charge is 2.62. The van der Waals surface area contributed by atoms with Crippen molar-refractivity contribution >= 4 is 6.09 Å². The molecule has 3 unspecified atom stereocenters. The van der Waals surface area contributed by atoms with Crippen LogP contribution < -0.4 is 5.32 Å². The lowest BCUT2D eigenvalue weighted by Gasteiger charge is -2.21. The number of fused-ring (bicyclic) bond motifs is 2. The van der Waals surface area contributed by atoms with Crippen molar-refractivity contribution in [1.29, 1.82) is 0 Å². The van der Waals surface area contributed by atoms with Crippen molar-refractivity contribution in [2.24, 2.45) is 11.8 Å². The van der Waals surface area contributed by atoms with Crippen LogP contribution in [-0.2, 0) is 4.74 Å². The number of hydrogen-bond acceptors (Lipinski definition) is 2. The molecule has 0 aromatic carbocycles. The first-order chi connectivity index (χ1) is 5.30. The molecule has 1 aliphatic heterocycles. The third kappa shape index (κ3) is 0.613. The summed E-state index contributed by atoms with van der Waals surface area (Å²) in [7, 11) is 0. The van der Waals surface area contributed by atoms with E-state index in [1.165, 1.54) is 12.8 Å². The van der Waals surface area contributed by atoms with Crippen LogP contribution in [0.15, 0.2) is 0 Å². The Morgan fingerprint density at radius 3 is 3.00 bits per heavy atom. The molecular formula is C8H11NO2. The summed E-state index contributed by atoms with van der Waals surface area (Å²) in [5, 5.41) is 2.75. The Bertz CT molecular complexity index is 228. The molecule has 0 radical (unpaired) electrons. The number of hydrogen-bond donors (Lipinski definition) is 1. The number of carbonyl (C=O) groups excluding carboxylic acids is 1. The number of carbonyl (C=O) groups is 1. The Balaban J connectivity index is 1.89. The fraction of sp³-hybridized carbons (Fsp3) is 0.875.